The molecular formula is C10H16N2O3. The van der Waals surface area contributed by atoms with Crippen LogP contribution in [0.25, 0.3) is 0 Å². The lowest BCUT2D eigenvalue weighted by Gasteiger charge is -2.19. The summed E-state index contributed by atoms with van der Waals surface area (Å²) in [5, 5.41) is 12.4. The number of amides is 1. The molecule has 0 aliphatic rings. The first-order chi connectivity index (χ1) is 7.29. The van der Waals surface area contributed by atoms with Gasteiger partial charge in [0, 0.05) is 19.2 Å². The van der Waals surface area contributed by atoms with Crippen LogP contribution in [0.3, 0.4) is 0 Å². The molecule has 0 spiro atoms. The van der Waals surface area contributed by atoms with Crippen LogP contribution in [0.15, 0.2) is 16.9 Å². The normalized spacial score (nSPS) is 10.3. The maximum Gasteiger partial charge on any atom is 0.276 e. The molecule has 84 valence electrons. The maximum atomic E-state index is 11.8. The molecule has 0 aliphatic heterocycles. The molecule has 1 heterocycles. The zero-order chi connectivity index (χ0) is 11.1. The largest absolute Gasteiger partial charge is 0.395 e. The van der Waals surface area contributed by atoms with Gasteiger partial charge >= 0.3 is 0 Å². The highest BCUT2D eigenvalue weighted by Crippen LogP contribution is 2.03. The average molecular weight is 212 g/mol. The molecule has 1 aromatic rings. The Hall–Kier alpha value is -1.36. The van der Waals surface area contributed by atoms with Gasteiger partial charge in [0.1, 0.15) is 6.26 Å². The number of carbonyl (C=O) groups excluding carboxylic acids is 1. The first-order valence-corrected chi connectivity index (χ1v) is 5.10. The van der Waals surface area contributed by atoms with Gasteiger partial charge in [-0.25, -0.2) is 0 Å². The van der Waals surface area contributed by atoms with E-state index in [0.717, 1.165) is 12.8 Å². The van der Waals surface area contributed by atoms with E-state index in [1.165, 1.54) is 12.3 Å². The molecular weight excluding hydrogens is 196 g/mol. The Morgan fingerprint density at radius 1 is 1.60 bits per heavy atom. The molecule has 0 unspecified atom stereocenters. The minimum atomic E-state index is -0.189. The second-order valence-corrected chi connectivity index (χ2v) is 3.25. The molecule has 0 saturated carbocycles. The molecule has 5 nitrogen and oxygen atoms in total. The fourth-order valence-corrected chi connectivity index (χ4v) is 1.27. The average Bonchev–Trinajstić information content (AvgIpc) is 2.76. The second-order valence-electron chi connectivity index (χ2n) is 3.25. The molecule has 1 aromatic heterocycles. The summed E-state index contributed by atoms with van der Waals surface area (Å²) in [7, 11) is 0. The number of hydrogen-bond donors (Lipinski definition) is 1. The van der Waals surface area contributed by atoms with E-state index in [1.54, 1.807) is 4.90 Å². The molecule has 0 atom stereocenters. The summed E-state index contributed by atoms with van der Waals surface area (Å²) in [5.74, 6) is -0.189. The quantitative estimate of drug-likeness (QED) is 0.761. The Bertz CT molecular complexity index is 285. The fourth-order valence-electron chi connectivity index (χ4n) is 1.27. The van der Waals surface area contributed by atoms with Crippen LogP contribution >= 0.6 is 0 Å². The Morgan fingerprint density at radius 3 is 2.93 bits per heavy atom. The third-order valence-corrected chi connectivity index (χ3v) is 2.10. The van der Waals surface area contributed by atoms with E-state index in [9.17, 15) is 4.79 Å². The van der Waals surface area contributed by atoms with Crippen LogP contribution in [0.2, 0.25) is 0 Å². The van der Waals surface area contributed by atoms with E-state index in [-0.39, 0.29) is 12.5 Å². The minimum Gasteiger partial charge on any atom is -0.395 e. The summed E-state index contributed by atoms with van der Waals surface area (Å²) in [6, 6.07) is 1.53. The number of carbonyl (C=O) groups is 1. The van der Waals surface area contributed by atoms with Crippen molar-refractivity contribution < 1.29 is 14.4 Å². The standard InChI is InChI=1S/C10H16N2O3/c1-2-3-5-12(6-7-13)10(14)9-4-8-15-11-9/h4,8,13H,2-3,5-7H2,1H3. The van der Waals surface area contributed by atoms with E-state index < -0.39 is 0 Å². The number of rotatable bonds is 6. The SMILES string of the molecule is CCCCN(CCO)C(=O)c1ccon1. The zero-order valence-corrected chi connectivity index (χ0v) is 8.85. The molecule has 1 N–H and O–H groups in total. The van der Waals surface area contributed by atoms with Crippen molar-refractivity contribution in [2.45, 2.75) is 19.8 Å². The van der Waals surface area contributed by atoms with Gasteiger partial charge < -0.3 is 14.5 Å². The van der Waals surface area contributed by atoms with Crippen LogP contribution in [-0.2, 0) is 0 Å². The monoisotopic (exact) mass is 212 g/mol. The van der Waals surface area contributed by atoms with Crippen molar-refractivity contribution in [3.63, 3.8) is 0 Å². The Labute approximate surface area is 88.7 Å². The van der Waals surface area contributed by atoms with Gasteiger partial charge in [0.05, 0.1) is 6.61 Å². The third kappa shape index (κ3) is 3.36. The number of aliphatic hydroxyl groups excluding tert-OH is 1. The van der Waals surface area contributed by atoms with Gasteiger partial charge in [-0.05, 0) is 6.42 Å². The van der Waals surface area contributed by atoms with Gasteiger partial charge in [0.2, 0.25) is 0 Å². The van der Waals surface area contributed by atoms with Crippen molar-refractivity contribution >= 4 is 5.91 Å². The number of aromatic nitrogens is 1. The van der Waals surface area contributed by atoms with Crippen LogP contribution in [0.4, 0.5) is 0 Å². The Kier molecular flexibility index (Phi) is 4.83. The molecule has 1 rings (SSSR count). The van der Waals surface area contributed by atoms with Crippen molar-refractivity contribution in [3.05, 3.63) is 18.0 Å². The van der Waals surface area contributed by atoms with E-state index >= 15 is 0 Å². The zero-order valence-electron chi connectivity index (χ0n) is 8.85. The van der Waals surface area contributed by atoms with Gasteiger partial charge in [-0.1, -0.05) is 18.5 Å². The highest BCUT2D eigenvalue weighted by atomic mass is 16.5. The minimum absolute atomic E-state index is 0.0344. The third-order valence-electron chi connectivity index (χ3n) is 2.10. The summed E-state index contributed by atoms with van der Waals surface area (Å²) < 4.78 is 4.61. The van der Waals surface area contributed by atoms with Crippen LogP contribution in [0.5, 0.6) is 0 Å². The second kappa shape index (κ2) is 6.19. The lowest BCUT2D eigenvalue weighted by atomic mass is 10.3. The number of unbranched alkanes of at least 4 members (excludes halogenated alkanes) is 1. The van der Waals surface area contributed by atoms with Crippen molar-refractivity contribution in [2.24, 2.45) is 0 Å². The van der Waals surface area contributed by atoms with Gasteiger partial charge in [-0.2, -0.15) is 0 Å². The fraction of sp³-hybridized carbons (Fsp3) is 0.600. The molecule has 15 heavy (non-hydrogen) atoms. The van der Waals surface area contributed by atoms with Crippen LogP contribution < -0.4 is 0 Å². The van der Waals surface area contributed by atoms with E-state index in [0.29, 0.717) is 18.8 Å². The van der Waals surface area contributed by atoms with Crippen molar-refractivity contribution in [1.82, 2.24) is 10.1 Å². The van der Waals surface area contributed by atoms with E-state index in [4.69, 9.17) is 5.11 Å². The molecule has 0 fully saturated rings. The van der Waals surface area contributed by atoms with Crippen molar-refractivity contribution in [3.8, 4) is 0 Å². The van der Waals surface area contributed by atoms with Gasteiger partial charge in [-0.15, -0.1) is 0 Å². The van der Waals surface area contributed by atoms with Gasteiger partial charge in [-0.3, -0.25) is 4.79 Å². The molecule has 1 amide bonds. The highest BCUT2D eigenvalue weighted by Gasteiger charge is 2.16. The van der Waals surface area contributed by atoms with Gasteiger partial charge in [0.15, 0.2) is 5.69 Å². The lowest BCUT2D eigenvalue weighted by Crippen LogP contribution is -2.34. The molecule has 5 heteroatoms. The molecule has 0 radical (unpaired) electrons. The Balaban J connectivity index is 2.58. The highest BCUT2D eigenvalue weighted by molar-refractivity contribution is 5.92. The Morgan fingerprint density at radius 2 is 2.40 bits per heavy atom. The first kappa shape index (κ1) is 11.7. The van der Waals surface area contributed by atoms with E-state index in [1.807, 2.05) is 0 Å². The summed E-state index contributed by atoms with van der Waals surface area (Å²) in [4.78, 5) is 13.4. The van der Waals surface area contributed by atoms with Crippen LogP contribution in [0.1, 0.15) is 30.3 Å². The summed E-state index contributed by atoms with van der Waals surface area (Å²) in [5.41, 5.74) is 0.291. The summed E-state index contributed by atoms with van der Waals surface area (Å²) in [6.45, 7) is 3.00. The molecule has 0 bridgehead atoms. The molecule has 0 aliphatic carbocycles. The maximum absolute atomic E-state index is 11.8. The topological polar surface area (TPSA) is 66.6 Å². The smallest absolute Gasteiger partial charge is 0.276 e. The van der Waals surface area contributed by atoms with Crippen molar-refractivity contribution in [1.29, 1.82) is 0 Å². The summed E-state index contributed by atoms with van der Waals surface area (Å²) in [6.07, 6.45) is 3.29. The van der Waals surface area contributed by atoms with Crippen LogP contribution in [0, 0.1) is 0 Å². The lowest BCUT2D eigenvalue weighted by molar-refractivity contribution is 0.0709. The number of aliphatic hydroxyl groups is 1. The predicted octanol–water partition coefficient (Wildman–Crippen LogP) is 0.909. The first-order valence-electron chi connectivity index (χ1n) is 5.10. The predicted molar refractivity (Wildman–Crippen MR) is 54.4 cm³/mol. The van der Waals surface area contributed by atoms with Crippen molar-refractivity contribution in [2.75, 3.05) is 19.7 Å². The number of hydrogen-bond acceptors (Lipinski definition) is 4. The van der Waals surface area contributed by atoms with Crippen LogP contribution in [-0.4, -0.2) is 40.8 Å². The number of nitrogens with zero attached hydrogens (tertiary/aromatic N) is 2. The molecule has 0 saturated heterocycles. The van der Waals surface area contributed by atoms with Gasteiger partial charge in [0.25, 0.3) is 5.91 Å². The molecule has 0 aromatic carbocycles. The van der Waals surface area contributed by atoms with E-state index in [2.05, 4.69) is 16.6 Å². The summed E-state index contributed by atoms with van der Waals surface area (Å²) >= 11 is 0.